The van der Waals surface area contributed by atoms with E-state index in [1.54, 1.807) is 25.1 Å². The number of aryl methyl sites for hydroxylation is 2. The number of pyridine rings is 1. The van der Waals surface area contributed by atoms with Crippen LogP contribution in [-0.4, -0.2) is 27.0 Å². The largest absolute Gasteiger partial charge is 0.352 e. The van der Waals surface area contributed by atoms with Crippen LogP contribution < -0.4 is 10.9 Å². The molecule has 2 aromatic carbocycles. The Morgan fingerprint density at radius 1 is 1.03 bits per heavy atom. The van der Waals surface area contributed by atoms with Gasteiger partial charge in [0.05, 0.1) is 5.69 Å². The predicted molar refractivity (Wildman–Crippen MR) is 127 cm³/mol. The number of nitrogens with one attached hydrogen (secondary N) is 1. The zero-order chi connectivity index (χ0) is 24.4. The Kier molecular flexibility index (Phi) is 6.49. The number of aromatic nitrogens is 3. The van der Waals surface area contributed by atoms with Gasteiger partial charge in [0.25, 0.3) is 11.5 Å². The SMILES string of the molecule is CCCNC(=O)c1ccc(CC)c(-c2nc(C)nc3c2ccc(=O)n3-c2c(F)cccc2F)c1. The molecule has 0 unspecified atom stereocenters. The molecule has 4 rings (SSSR count). The molecule has 1 amide bonds. The molecule has 0 atom stereocenters. The van der Waals surface area contributed by atoms with Gasteiger partial charge in [-0.05, 0) is 55.7 Å². The molecule has 0 radical (unpaired) electrons. The van der Waals surface area contributed by atoms with Gasteiger partial charge in [0.2, 0.25) is 0 Å². The summed E-state index contributed by atoms with van der Waals surface area (Å²) in [6, 6.07) is 11.6. The van der Waals surface area contributed by atoms with E-state index in [-0.39, 0.29) is 11.6 Å². The van der Waals surface area contributed by atoms with Crippen LogP contribution in [0.25, 0.3) is 28.0 Å². The number of para-hydroxylation sites is 1. The predicted octanol–water partition coefficient (Wildman–Crippen LogP) is 4.74. The van der Waals surface area contributed by atoms with Gasteiger partial charge in [-0.1, -0.05) is 26.0 Å². The second-order valence-corrected chi connectivity index (χ2v) is 7.92. The molecule has 0 saturated carbocycles. The first-order chi connectivity index (χ1) is 16.3. The van der Waals surface area contributed by atoms with E-state index in [4.69, 9.17) is 0 Å². The highest BCUT2D eigenvalue weighted by Gasteiger charge is 2.20. The van der Waals surface area contributed by atoms with Gasteiger partial charge in [-0.2, -0.15) is 0 Å². The molecular weight excluding hydrogens is 438 g/mol. The lowest BCUT2D eigenvalue weighted by atomic mass is 9.97. The molecule has 1 N–H and O–H groups in total. The van der Waals surface area contributed by atoms with Crippen molar-refractivity contribution < 1.29 is 13.6 Å². The smallest absolute Gasteiger partial charge is 0.256 e. The number of halogens is 2. The van der Waals surface area contributed by atoms with Crippen molar-refractivity contribution in [2.24, 2.45) is 0 Å². The summed E-state index contributed by atoms with van der Waals surface area (Å²) in [4.78, 5) is 34.4. The van der Waals surface area contributed by atoms with Crippen molar-refractivity contribution in [3.63, 3.8) is 0 Å². The van der Waals surface area contributed by atoms with Crippen LogP contribution in [0, 0.1) is 18.6 Å². The van der Waals surface area contributed by atoms with E-state index in [0.29, 0.717) is 41.0 Å². The third-order valence-electron chi connectivity index (χ3n) is 5.57. The fourth-order valence-corrected chi connectivity index (χ4v) is 3.93. The number of fused-ring (bicyclic) bond motifs is 1. The molecule has 4 aromatic rings. The summed E-state index contributed by atoms with van der Waals surface area (Å²) < 4.78 is 30.2. The Labute approximate surface area is 195 Å². The topological polar surface area (TPSA) is 76.9 Å². The second kappa shape index (κ2) is 9.51. The molecule has 0 saturated heterocycles. The number of hydrogen-bond donors (Lipinski definition) is 1. The molecule has 34 heavy (non-hydrogen) atoms. The van der Waals surface area contributed by atoms with Crippen LogP contribution in [-0.2, 0) is 6.42 Å². The fourth-order valence-electron chi connectivity index (χ4n) is 3.93. The average Bonchev–Trinajstić information content (AvgIpc) is 2.82. The minimum Gasteiger partial charge on any atom is -0.352 e. The van der Waals surface area contributed by atoms with E-state index in [9.17, 15) is 18.4 Å². The highest BCUT2D eigenvalue weighted by atomic mass is 19.1. The second-order valence-electron chi connectivity index (χ2n) is 7.92. The van der Waals surface area contributed by atoms with E-state index >= 15 is 0 Å². The molecule has 0 spiro atoms. The Morgan fingerprint density at radius 3 is 2.44 bits per heavy atom. The lowest BCUT2D eigenvalue weighted by Crippen LogP contribution is -2.24. The third kappa shape index (κ3) is 4.19. The molecule has 0 fully saturated rings. The molecule has 174 valence electrons. The van der Waals surface area contributed by atoms with Gasteiger partial charge >= 0.3 is 0 Å². The standard InChI is InChI=1S/C26H24F2N4O2/c1-4-13-29-26(34)17-10-9-16(5-2)19(14-17)23-18-11-12-22(33)32(25(18)31-15(3)30-23)24-20(27)7-6-8-21(24)28/h6-12,14H,4-5,13H2,1-3H3,(H,29,34). The van der Waals surface area contributed by atoms with Gasteiger partial charge in [-0.15, -0.1) is 0 Å². The summed E-state index contributed by atoms with van der Waals surface area (Å²) >= 11 is 0. The summed E-state index contributed by atoms with van der Waals surface area (Å²) in [5.41, 5.74) is 1.55. The van der Waals surface area contributed by atoms with E-state index in [1.165, 1.54) is 12.1 Å². The Morgan fingerprint density at radius 2 is 1.76 bits per heavy atom. The molecule has 8 heteroatoms. The Bertz CT molecular complexity index is 1440. The molecule has 0 aliphatic heterocycles. The molecule has 0 aliphatic carbocycles. The normalized spacial score (nSPS) is 11.1. The minimum absolute atomic E-state index is 0.0851. The number of nitrogens with zero attached hydrogens (tertiary/aromatic N) is 3. The van der Waals surface area contributed by atoms with Crippen LogP contribution >= 0.6 is 0 Å². The molecule has 0 aliphatic rings. The first-order valence-electron chi connectivity index (χ1n) is 11.1. The third-order valence-corrected chi connectivity index (χ3v) is 5.57. The van der Waals surface area contributed by atoms with Crippen LogP contribution in [0.15, 0.2) is 53.3 Å². The average molecular weight is 463 g/mol. The van der Waals surface area contributed by atoms with E-state index in [0.717, 1.165) is 28.7 Å². The first-order valence-corrected chi connectivity index (χ1v) is 11.1. The number of benzene rings is 2. The molecular formula is C26H24F2N4O2. The van der Waals surface area contributed by atoms with Crippen LogP contribution in [0.2, 0.25) is 0 Å². The van der Waals surface area contributed by atoms with Gasteiger partial charge in [-0.25, -0.2) is 18.7 Å². The van der Waals surface area contributed by atoms with Crippen LogP contribution in [0.5, 0.6) is 0 Å². The van der Waals surface area contributed by atoms with Crippen molar-refractivity contribution in [3.8, 4) is 16.9 Å². The first kappa shape index (κ1) is 23.2. The van der Waals surface area contributed by atoms with E-state index < -0.39 is 22.9 Å². The summed E-state index contributed by atoms with van der Waals surface area (Å²) in [7, 11) is 0. The number of hydrogen-bond acceptors (Lipinski definition) is 4. The van der Waals surface area contributed by atoms with Crippen LogP contribution in [0.3, 0.4) is 0 Å². The summed E-state index contributed by atoms with van der Waals surface area (Å²) in [6.07, 6.45) is 1.48. The Hall–Kier alpha value is -3.94. The van der Waals surface area contributed by atoms with Gasteiger partial charge in [0, 0.05) is 29.1 Å². The maximum Gasteiger partial charge on any atom is 0.256 e. The van der Waals surface area contributed by atoms with E-state index in [2.05, 4.69) is 15.3 Å². The summed E-state index contributed by atoms with van der Waals surface area (Å²) in [6.45, 7) is 6.15. The fraction of sp³-hybridized carbons (Fsp3) is 0.231. The molecule has 2 heterocycles. The van der Waals surface area contributed by atoms with Gasteiger partial charge < -0.3 is 5.32 Å². The van der Waals surface area contributed by atoms with Crippen molar-refractivity contribution in [2.75, 3.05) is 6.54 Å². The number of amides is 1. The van der Waals surface area contributed by atoms with Crippen molar-refractivity contribution in [1.29, 1.82) is 0 Å². The monoisotopic (exact) mass is 462 g/mol. The highest BCUT2D eigenvalue weighted by Crippen LogP contribution is 2.31. The lowest BCUT2D eigenvalue weighted by Gasteiger charge is -2.16. The zero-order valence-electron chi connectivity index (χ0n) is 19.2. The molecule has 0 bridgehead atoms. The van der Waals surface area contributed by atoms with Crippen molar-refractivity contribution >= 4 is 16.9 Å². The maximum atomic E-state index is 14.6. The molecule has 6 nitrogen and oxygen atoms in total. The van der Waals surface area contributed by atoms with E-state index in [1.807, 2.05) is 19.9 Å². The summed E-state index contributed by atoms with van der Waals surface area (Å²) in [5.74, 6) is -1.64. The van der Waals surface area contributed by atoms with Gasteiger partial charge in [0.15, 0.2) is 5.65 Å². The van der Waals surface area contributed by atoms with Gasteiger partial charge in [0.1, 0.15) is 23.1 Å². The highest BCUT2D eigenvalue weighted by molar-refractivity contribution is 5.98. The Balaban J connectivity index is 2.03. The number of carbonyl (C=O) groups excluding carboxylic acids is 1. The van der Waals surface area contributed by atoms with Crippen LogP contribution in [0.4, 0.5) is 8.78 Å². The number of rotatable bonds is 6. The van der Waals surface area contributed by atoms with Crippen molar-refractivity contribution in [2.45, 2.75) is 33.6 Å². The zero-order valence-corrected chi connectivity index (χ0v) is 19.2. The maximum absolute atomic E-state index is 14.6. The van der Waals surface area contributed by atoms with Crippen LogP contribution in [0.1, 0.15) is 42.0 Å². The van der Waals surface area contributed by atoms with Gasteiger partial charge in [-0.3, -0.25) is 14.2 Å². The molecule has 2 aromatic heterocycles. The van der Waals surface area contributed by atoms with Crippen molar-refractivity contribution in [1.82, 2.24) is 19.9 Å². The number of carbonyl (C=O) groups is 1. The van der Waals surface area contributed by atoms with Crippen molar-refractivity contribution in [3.05, 3.63) is 87.5 Å². The quantitative estimate of drug-likeness (QED) is 0.449. The summed E-state index contributed by atoms with van der Waals surface area (Å²) in [5, 5.41) is 3.30. The minimum atomic E-state index is -0.878. The lowest BCUT2D eigenvalue weighted by molar-refractivity contribution is 0.0953.